The van der Waals surface area contributed by atoms with Crippen LogP contribution in [0.5, 0.6) is 0 Å². The lowest BCUT2D eigenvalue weighted by Crippen LogP contribution is -2.49. The number of carbonyl (C=O) groups is 2. The summed E-state index contributed by atoms with van der Waals surface area (Å²) < 4.78 is 9.77. The Hall–Kier alpha value is -1.26. The molecule has 5 heteroatoms. The molecule has 0 aromatic heterocycles. The number of rotatable bonds is 3. The number of ether oxygens (including phenoxy) is 2. The number of amides is 1. The number of carbonyl (C=O) groups excluding carboxylic acids is 2. The number of nitrogens with one attached hydrogen (secondary N) is 1. The van der Waals surface area contributed by atoms with Crippen LogP contribution in [-0.4, -0.2) is 30.8 Å². The van der Waals surface area contributed by atoms with Crippen molar-refractivity contribution in [1.29, 1.82) is 0 Å². The second-order valence-corrected chi connectivity index (χ2v) is 5.37. The van der Waals surface area contributed by atoms with Crippen LogP contribution in [-0.2, 0) is 14.3 Å². The van der Waals surface area contributed by atoms with Crippen LogP contribution in [0.2, 0.25) is 0 Å². The second kappa shape index (κ2) is 5.38. The van der Waals surface area contributed by atoms with Crippen LogP contribution in [0.15, 0.2) is 0 Å². The van der Waals surface area contributed by atoms with E-state index in [9.17, 15) is 9.59 Å². The highest BCUT2D eigenvalue weighted by Gasteiger charge is 2.34. The molecule has 98 valence electrons. The maximum absolute atomic E-state index is 11.5. The largest absolute Gasteiger partial charge is 0.469 e. The summed E-state index contributed by atoms with van der Waals surface area (Å²) in [5.41, 5.74) is -0.494. The Bertz CT molecular complexity index is 295. The SMILES string of the molecule is COC(=O)C[C@H]1CC[C@H]1NC(=O)OC(C)(C)C. The van der Waals surface area contributed by atoms with Crippen molar-refractivity contribution in [3.63, 3.8) is 0 Å². The first-order valence-electron chi connectivity index (χ1n) is 5.88. The van der Waals surface area contributed by atoms with E-state index in [-0.39, 0.29) is 17.9 Å². The van der Waals surface area contributed by atoms with E-state index in [1.807, 2.05) is 20.8 Å². The lowest BCUT2D eigenvalue weighted by atomic mass is 9.77. The number of hydrogen-bond acceptors (Lipinski definition) is 4. The van der Waals surface area contributed by atoms with Crippen LogP contribution in [0.4, 0.5) is 4.79 Å². The van der Waals surface area contributed by atoms with Gasteiger partial charge in [0, 0.05) is 6.04 Å². The van der Waals surface area contributed by atoms with E-state index in [0.29, 0.717) is 6.42 Å². The van der Waals surface area contributed by atoms with Gasteiger partial charge in [-0.25, -0.2) is 4.79 Å². The number of alkyl carbamates (subject to hydrolysis) is 1. The summed E-state index contributed by atoms with van der Waals surface area (Å²) in [6.45, 7) is 5.46. The van der Waals surface area contributed by atoms with Crippen molar-refractivity contribution >= 4 is 12.1 Å². The van der Waals surface area contributed by atoms with Crippen LogP contribution >= 0.6 is 0 Å². The quantitative estimate of drug-likeness (QED) is 0.768. The average molecular weight is 243 g/mol. The van der Waals surface area contributed by atoms with Crippen LogP contribution in [0.1, 0.15) is 40.0 Å². The van der Waals surface area contributed by atoms with Gasteiger partial charge in [-0.05, 0) is 39.5 Å². The van der Waals surface area contributed by atoms with Gasteiger partial charge in [-0.2, -0.15) is 0 Å². The Morgan fingerprint density at radius 1 is 1.29 bits per heavy atom. The Kier molecular flexibility index (Phi) is 4.37. The van der Waals surface area contributed by atoms with Gasteiger partial charge < -0.3 is 14.8 Å². The third-order valence-corrected chi connectivity index (χ3v) is 2.78. The minimum absolute atomic E-state index is 0.0314. The monoisotopic (exact) mass is 243 g/mol. The zero-order chi connectivity index (χ0) is 13.1. The summed E-state index contributed by atoms with van der Waals surface area (Å²) >= 11 is 0. The van der Waals surface area contributed by atoms with Gasteiger partial charge in [0.15, 0.2) is 0 Å². The molecule has 1 aliphatic carbocycles. The Balaban J connectivity index is 2.32. The lowest BCUT2D eigenvalue weighted by molar-refractivity contribution is -0.142. The molecule has 0 bridgehead atoms. The zero-order valence-corrected chi connectivity index (χ0v) is 10.9. The molecule has 1 fully saturated rings. The molecule has 0 aromatic rings. The minimum atomic E-state index is -0.494. The molecule has 1 rings (SSSR count). The summed E-state index contributed by atoms with van der Waals surface area (Å²) in [7, 11) is 1.37. The lowest BCUT2D eigenvalue weighted by Gasteiger charge is -2.36. The molecule has 1 aliphatic rings. The molecule has 0 saturated heterocycles. The molecule has 0 unspecified atom stereocenters. The van der Waals surface area contributed by atoms with Gasteiger partial charge in [0.05, 0.1) is 13.5 Å². The number of methoxy groups -OCH3 is 1. The van der Waals surface area contributed by atoms with E-state index in [0.717, 1.165) is 12.8 Å². The van der Waals surface area contributed by atoms with Crippen LogP contribution < -0.4 is 5.32 Å². The molecule has 1 N–H and O–H groups in total. The van der Waals surface area contributed by atoms with E-state index in [4.69, 9.17) is 4.74 Å². The van der Waals surface area contributed by atoms with Crippen molar-refractivity contribution in [2.75, 3.05) is 7.11 Å². The van der Waals surface area contributed by atoms with Crippen molar-refractivity contribution in [2.45, 2.75) is 51.7 Å². The first-order valence-corrected chi connectivity index (χ1v) is 5.88. The maximum Gasteiger partial charge on any atom is 0.407 e. The van der Waals surface area contributed by atoms with Crippen molar-refractivity contribution in [2.24, 2.45) is 5.92 Å². The Morgan fingerprint density at radius 2 is 1.94 bits per heavy atom. The molecule has 0 aromatic carbocycles. The van der Waals surface area contributed by atoms with Gasteiger partial charge in [0.2, 0.25) is 0 Å². The molecular weight excluding hydrogens is 222 g/mol. The van der Waals surface area contributed by atoms with Gasteiger partial charge in [-0.3, -0.25) is 4.79 Å². The number of esters is 1. The first-order chi connectivity index (χ1) is 7.81. The predicted octanol–water partition coefficient (Wildman–Crippen LogP) is 1.85. The molecule has 17 heavy (non-hydrogen) atoms. The normalized spacial score (nSPS) is 23.5. The van der Waals surface area contributed by atoms with Crippen molar-refractivity contribution in [1.82, 2.24) is 5.32 Å². The van der Waals surface area contributed by atoms with Crippen molar-refractivity contribution in [3.8, 4) is 0 Å². The van der Waals surface area contributed by atoms with Gasteiger partial charge in [-0.1, -0.05) is 0 Å². The molecule has 0 heterocycles. The summed E-state index contributed by atoms with van der Waals surface area (Å²) in [5.74, 6) is -0.0549. The van der Waals surface area contributed by atoms with Gasteiger partial charge >= 0.3 is 12.1 Å². The summed E-state index contributed by atoms with van der Waals surface area (Å²) in [4.78, 5) is 22.6. The van der Waals surface area contributed by atoms with Crippen molar-refractivity contribution in [3.05, 3.63) is 0 Å². The first kappa shape index (κ1) is 13.8. The fraction of sp³-hybridized carbons (Fsp3) is 0.833. The Labute approximate surface area is 102 Å². The van der Waals surface area contributed by atoms with Gasteiger partial charge in [0.25, 0.3) is 0 Å². The standard InChI is InChI=1S/C12H21NO4/c1-12(2,3)17-11(15)13-9-6-5-8(9)7-10(14)16-4/h8-9H,5-7H2,1-4H3,(H,13,15)/t8-,9-/m1/s1. The molecule has 0 aliphatic heterocycles. The molecule has 5 nitrogen and oxygen atoms in total. The fourth-order valence-electron chi connectivity index (χ4n) is 1.76. The topological polar surface area (TPSA) is 64.6 Å². The highest BCUT2D eigenvalue weighted by atomic mass is 16.6. The van der Waals surface area contributed by atoms with E-state index >= 15 is 0 Å². The molecular formula is C12H21NO4. The minimum Gasteiger partial charge on any atom is -0.469 e. The van der Waals surface area contributed by atoms with Gasteiger partial charge in [-0.15, -0.1) is 0 Å². The molecule has 0 spiro atoms. The summed E-state index contributed by atoms with van der Waals surface area (Å²) in [6.07, 6.45) is 1.77. The zero-order valence-electron chi connectivity index (χ0n) is 10.9. The third kappa shape index (κ3) is 4.63. The maximum atomic E-state index is 11.5. The molecule has 1 amide bonds. The summed E-state index contributed by atoms with van der Waals surface area (Å²) in [6, 6.07) is 0.0314. The van der Waals surface area contributed by atoms with Crippen LogP contribution in [0.25, 0.3) is 0 Å². The highest BCUT2D eigenvalue weighted by Crippen LogP contribution is 2.30. The second-order valence-electron chi connectivity index (χ2n) is 5.37. The fourth-order valence-corrected chi connectivity index (χ4v) is 1.76. The smallest absolute Gasteiger partial charge is 0.407 e. The summed E-state index contributed by atoms with van der Waals surface area (Å²) in [5, 5.41) is 2.78. The molecule has 2 atom stereocenters. The predicted molar refractivity (Wildman–Crippen MR) is 62.5 cm³/mol. The van der Waals surface area contributed by atoms with E-state index in [2.05, 4.69) is 10.1 Å². The van der Waals surface area contributed by atoms with Crippen LogP contribution in [0.3, 0.4) is 0 Å². The highest BCUT2D eigenvalue weighted by molar-refractivity contribution is 5.71. The molecule has 1 saturated carbocycles. The van der Waals surface area contributed by atoms with E-state index in [1.165, 1.54) is 7.11 Å². The van der Waals surface area contributed by atoms with Gasteiger partial charge in [0.1, 0.15) is 5.60 Å². The van der Waals surface area contributed by atoms with E-state index in [1.54, 1.807) is 0 Å². The van der Waals surface area contributed by atoms with Crippen LogP contribution in [0, 0.1) is 5.92 Å². The van der Waals surface area contributed by atoms with Crippen molar-refractivity contribution < 1.29 is 19.1 Å². The average Bonchev–Trinajstić information content (AvgIpc) is 2.18. The van der Waals surface area contributed by atoms with E-state index < -0.39 is 11.7 Å². The molecule has 0 radical (unpaired) electrons. The third-order valence-electron chi connectivity index (χ3n) is 2.78. The Morgan fingerprint density at radius 3 is 2.35 bits per heavy atom. The number of hydrogen-bond donors (Lipinski definition) is 1.